The minimum atomic E-state index is -1.08. The lowest BCUT2D eigenvalue weighted by Crippen LogP contribution is -2.30. The Kier molecular flexibility index (Phi) is 11.8. The van der Waals surface area contributed by atoms with E-state index in [1.54, 1.807) is 79.7 Å². The number of carboxylic acids is 1. The van der Waals surface area contributed by atoms with Gasteiger partial charge in [-0.2, -0.15) is 0 Å². The molecule has 0 saturated heterocycles. The lowest BCUT2D eigenvalue weighted by molar-refractivity contribution is -0.116. The Morgan fingerprint density at radius 2 is 1.62 bits per heavy atom. The maximum absolute atomic E-state index is 13.7. The fraction of sp³-hybridized carbons (Fsp3) is 0.167. The number of carbonyl (C=O) groups excluding carboxylic acids is 3. The Bertz CT molecular complexity index is 1810. The van der Waals surface area contributed by atoms with E-state index < -0.39 is 23.0 Å². The van der Waals surface area contributed by atoms with Gasteiger partial charge in [-0.1, -0.05) is 37.3 Å². The van der Waals surface area contributed by atoms with E-state index >= 15 is 0 Å². The molecule has 4 N–H and O–H groups in total. The van der Waals surface area contributed by atoms with Crippen molar-refractivity contribution in [2.75, 3.05) is 24.9 Å². The molecule has 47 heavy (non-hydrogen) atoms. The van der Waals surface area contributed by atoms with Crippen molar-refractivity contribution in [2.24, 2.45) is 0 Å². The van der Waals surface area contributed by atoms with Crippen molar-refractivity contribution in [3.8, 4) is 11.5 Å². The fourth-order valence-corrected chi connectivity index (χ4v) is 5.50. The van der Waals surface area contributed by atoms with Crippen molar-refractivity contribution >= 4 is 52.9 Å². The average molecular weight is 654 g/mol. The van der Waals surface area contributed by atoms with E-state index in [4.69, 9.17) is 9.47 Å². The average Bonchev–Trinajstić information content (AvgIpc) is 3.08. The van der Waals surface area contributed by atoms with Crippen LogP contribution in [0.25, 0.3) is 6.08 Å². The van der Waals surface area contributed by atoms with Crippen LogP contribution in [0.15, 0.2) is 102 Å². The standard InChI is InChI=1S/C36H35N3O7S/c1-5-32(35(42)38-29-19-24(36(43)44)15-14-22(29)2)47-28-13-9-12-26(21-28)37-34(41)30(39-33(40)23-10-7-6-8-11-23)20-25-18-27(45-3)16-17-31(25)46-4/h6-21,32H,5H2,1-4H3,(H,37,41)(H,38,42)(H,39,40)(H,43,44)/b30-20+. The normalized spacial score (nSPS) is 11.6. The summed E-state index contributed by atoms with van der Waals surface area (Å²) in [6, 6.07) is 25.2. The highest BCUT2D eigenvalue weighted by molar-refractivity contribution is 8.00. The van der Waals surface area contributed by atoms with Gasteiger partial charge in [-0.25, -0.2) is 4.79 Å². The van der Waals surface area contributed by atoms with Crippen molar-refractivity contribution in [3.63, 3.8) is 0 Å². The van der Waals surface area contributed by atoms with Crippen molar-refractivity contribution in [2.45, 2.75) is 30.4 Å². The zero-order valence-corrected chi connectivity index (χ0v) is 27.1. The summed E-state index contributed by atoms with van der Waals surface area (Å²) in [7, 11) is 3.03. The van der Waals surface area contributed by atoms with Crippen LogP contribution in [0.1, 0.15) is 45.2 Å². The van der Waals surface area contributed by atoms with Crippen molar-refractivity contribution < 1.29 is 33.8 Å². The molecule has 4 rings (SSSR count). The molecular weight excluding hydrogens is 618 g/mol. The minimum absolute atomic E-state index is 0.0340. The highest BCUT2D eigenvalue weighted by Crippen LogP contribution is 2.30. The number of hydrogen-bond donors (Lipinski definition) is 4. The number of amides is 3. The Morgan fingerprint density at radius 3 is 2.30 bits per heavy atom. The molecular formula is C36H35N3O7S. The summed E-state index contributed by atoms with van der Waals surface area (Å²) in [4.78, 5) is 52.1. The molecule has 1 unspecified atom stereocenters. The number of carboxylic acid groups (broad SMARTS) is 1. The predicted octanol–water partition coefficient (Wildman–Crippen LogP) is 6.63. The van der Waals surface area contributed by atoms with Crippen LogP contribution in [0.3, 0.4) is 0 Å². The van der Waals surface area contributed by atoms with Crippen LogP contribution in [0.5, 0.6) is 11.5 Å². The number of hydrogen-bond acceptors (Lipinski definition) is 7. The fourth-order valence-electron chi connectivity index (χ4n) is 4.49. The zero-order chi connectivity index (χ0) is 33.9. The zero-order valence-electron chi connectivity index (χ0n) is 26.3. The lowest BCUT2D eigenvalue weighted by atomic mass is 10.1. The van der Waals surface area contributed by atoms with Gasteiger partial charge in [0.25, 0.3) is 11.8 Å². The number of aromatic carboxylic acids is 1. The summed E-state index contributed by atoms with van der Waals surface area (Å²) in [5.41, 5.74) is 2.54. The molecule has 0 aromatic heterocycles. The van der Waals surface area contributed by atoms with Crippen molar-refractivity contribution in [1.29, 1.82) is 0 Å². The number of rotatable bonds is 13. The number of thioether (sulfide) groups is 1. The second-order valence-corrected chi connectivity index (χ2v) is 11.6. The van der Waals surface area contributed by atoms with E-state index in [0.29, 0.717) is 45.3 Å². The largest absolute Gasteiger partial charge is 0.497 e. The summed E-state index contributed by atoms with van der Waals surface area (Å²) >= 11 is 1.31. The topological polar surface area (TPSA) is 143 Å². The Labute approximate surface area is 277 Å². The maximum atomic E-state index is 13.7. The molecule has 0 spiro atoms. The third kappa shape index (κ3) is 9.24. The van der Waals surface area contributed by atoms with Crippen molar-refractivity contribution in [1.82, 2.24) is 5.32 Å². The summed E-state index contributed by atoms with van der Waals surface area (Å²) in [6.07, 6.45) is 2.00. The van der Waals surface area contributed by atoms with E-state index in [1.807, 2.05) is 13.0 Å². The van der Waals surface area contributed by atoms with Gasteiger partial charge in [0.05, 0.1) is 25.0 Å². The smallest absolute Gasteiger partial charge is 0.335 e. The third-order valence-corrected chi connectivity index (χ3v) is 8.40. The summed E-state index contributed by atoms with van der Waals surface area (Å²) in [5, 5.41) is 17.3. The Balaban J connectivity index is 1.56. The summed E-state index contributed by atoms with van der Waals surface area (Å²) in [5.74, 6) is -1.41. The molecule has 11 heteroatoms. The van der Waals surface area contributed by atoms with E-state index in [0.717, 1.165) is 5.56 Å². The minimum Gasteiger partial charge on any atom is -0.497 e. The first kappa shape index (κ1) is 34.3. The molecule has 4 aromatic rings. The number of carbonyl (C=O) groups is 4. The first-order valence-corrected chi connectivity index (χ1v) is 15.5. The van der Waals surface area contributed by atoms with E-state index in [2.05, 4.69) is 16.0 Å². The molecule has 0 aliphatic rings. The maximum Gasteiger partial charge on any atom is 0.335 e. The van der Waals surface area contributed by atoms with Crippen LogP contribution >= 0.6 is 11.8 Å². The summed E-state index contributed by atoms with van der Waals surface area (Å²) in [6.45, 7) is 3.67. The molecule has 0 saturated carbocycles. The van der Waals surface area contributed by atoms with Crippen LogP contribution < -0.4 is 25.4 Å². The highest BCUT2D eigenvalue weighted by Gasteiger charge is 2.21. The van der Waals surface area contributed by atoms with Gasteiger partial charge in [0.15, 0.2) is 0 Å². The first-order valence-electron chi connectivity index (χ1n) is 14.6. The monoisotopic (exact) mass is 653 g/mol. The van der Waals surface area contributed by atoms with Crippen LogP contribution in [-0.4, -0.2) is 48.3 Å². The Hall–Kier alpha value is -5.55. The van der Waals surface area contributed by atoms with Crippen LogP contribution in [0.2, 0.25) is 0 Å². The second-order valence-electron chi connectivity index (χ2n) is 10.3. The number of nitrogens with one attached hydrogen (secondary N) is 3. The molecule has 0 bridgehead atoms. The van der Waals surface area contributed by atoms with E-state index in [1.165, 1.54) is 44.2 Å². The number of aryl methyl sites for hydroxylation is 1. The SMILES string of the molecule is CCC(Sc1cccc(NC(=O)/C(=C\c2cc(OC)ccc2OC)NC(=O)c2ccccc2)c1)C(=O)Nc1cc(C(=O)O)ccc1C. The van der Waals surface area contributed by atoms with Gasteiger partial charge in [-0.05, 0) is 85.6 Å². The van der Waals surface area contributed by atoms with E-state index in [9.17, 15) is 24.3 Å². The molecule has 0 aliphatic heterocycles. The lowest BCUT2D eigenvalue weighted by Gasteiger charge is -2.17. The molecule has 0 radical (unpaired) electrons. The molecule has 1 atom stereocenters. The van der Waals surface area contributed by atoms with Crippen LogP contribution in [0.4, 0.5) is 11.4 Å². The van der Waals surface area contributed by atoms with Crippen LogP contribution in [-0.2, 0) is 9.59 Å². The van der Waals surface area contributed by atoms with Gasteiger partial charge in [0.1, 0.15) is 17.2 Å². The quantitative estimate of drug-likeness (QED) is 0.0931. The van der Waals surface area contributed by atoms with Gasteiger partial charge in [0.2, 0.25) is 5.91 Å². The second kappa shape index (κ2) is 16.1. The predicted molar refractivity (Wildman–Crippen MR) is 183 cm³/mol. The number of ether oxygens (including phenoxy) is 2. The molecule has 0 heterocycles. The van der Waals surface area contributed by atoms with Gasteiger partial charge in [-0.15, -0.1) is 11.8 Å². The molecule has 10 nitrogen and oxygen atoms in total. The molecule has 3 amide bonds. The van der Waals surface area contributed by atoms with E-state index in [-0.39, 0.29) is 17.2 Å². The van der Waals surface area contributed by atoms with Crippen molar-refractivity contribution in [3.05, 3.63) is 119 Å². The highest BCUT2D eigenvalue weighted by atomic mass is 32.2. The third-order valence-electron chi connectivity index (χ3n) is 7.04. The Morgan fingerprint density at radius 1 is 0.851 bits per heavy atom. The van der Waals surface area contributed by atoms with Crippen LogP contribution in [0, 0.1) is 6.92 Å². The first-order chi connectivity index (χ1) is 22.6. The van der Waals surface area contributed by atoms with Gasteiger partial charge in [0, 0.05) is 27.4 Å². The number of anilines is 2. The van der Waals surface area contributed by atoms with Gasteiger partial charge >= 0.3 is 5.97 Å². The molecule has 4 aromatic carbocycles. The molecule has 0 aliphatic carbocycles. The molecule has 242 valence electrons. The summed E-state index contributed by atoms with van der Waals surface area (Å²) < 4.78 is 10.8. The van der Waals surface area contributed by atoms with Gasteiger partial charge < -0.3 is 30.5 Å². The molecule has 0 fully saturated rings. The van der Waals surface area contributed by atoms with Gasteiger partial charge in [-0.3, -0.25) is 14.4 Å². The number of benzene rings is 4. The number of methoxy groups -OCH3 is 2.